The molecule has 0 bridgehead atoms. The third kappa shape index (κ3) is 17.2. The number of carboxylic acid groups (broad SMARTS) is 1. The molecule has 6 amide bonds. The Kier molecular flexibility index (Phi) is 21.4. The second-order valence-corrected chi connectivity index (χ2v) is 15.5. The van der Waals surface area contributed by atoms with E-state index in [-0.39, 0.29) is 50.7 Å². The number of nitrogens with one attached hydrogen (secondary N) is 5. The van der Waals surface area contributed by atoms with Crippen LogP contribution in [0.3, 0.4) is 0 Å². The molecule has 1 saturated heterocycles. The average Bonchev–Trinajstić information content (AvgIpc) is 3.70. The van der Waals surface area contributed by atoms with Crippen LogP contribution in [0.25, 0.3) is 0 Å². The standard InChI is InChI=1S/C39H65N13O9/c1-21(2)29(35(58)49-27(20-53)32(55)47-25(37(60)61)14-9-17-46-39(43)44)50-31(54)26(19-23-11-6-5-7-12-23)48-34(57)30(22(3)4)51-33(56)28-15-10-18-52(28)36(59)24(40)13-8-16-45-38(41)42/h5-7,11-12,21-22,24-30,53H,8-10,13-20,40H2,1-4H3,(H,47,55)(H,48,57)(H,49,58)(H,50,54)(H,51,56)(H,60,61)(H4,41,42,45)(H4,43,44,46)/t24-,25-,26-,27-,28-,29-,30-/m0/s1. The fraction of sp³-hybridized carbons (Fsp3) is 0.615. The molecule has 1 aromatic carbocycles. The van der Waals surface area contributed by atoms with Crippen molar-refractivity contribution in [3.8, 4) is 0 Å². The lowest BCUT2D eigenvalue weighted by Gasteiger charge is -2.30. The van der Waals surface area contributed by atoms with E-state index in [1.54, 1.807) is 58.0 Å². The first-order valence-corrected chi connectivity index (χ1v) is 20.3. The summed E-state index contributed by atoms with van der Waals surface area (Å²) in [5.41, 5.74) is 28.1. The van der Waals surface area contributed by atoms with E-state index in [1.807, 2.05) is 0 Å². The average molecular weight is 860 g/mol. The smallest absolute Gasteiger partial charge is 0.326 e. The molecule has 7 atom stereocenters. The number of likely N-dealkylation sites (tertiary alicyclic amines) is 1. The molecule has 1 fully saturated rings. The molecule has 0 saturated carbocycles. The lowest BCUT2D eigenvalue weighted by Crippen LogP contribution is -2.61. The van der Waals surface area contributed by atoms with Gasteiger partial charge in [0.1, 0.15) is 36.3 Å². The summed E-state index contributed by atoms with van der Waals surface area (Å²) >= 11 is 0. The first kappa shape index (κ1) is 51.1. The van der Waals surface area contributed by atoms with Crippen molar-refractivity contribution in [2.75, 3.05) is 26.2 Å². The van der Waals surface area contributed by atoms with Crippen molar-refractivity contribution in [1.82, 2.24) is 31.5 Å². The molecule has 1 heterocycles. The van der Waals surface area contributed by atoms with Crippen molar-refractivity contribution in [2.45, 2.75) is 115 Å². The number of benzene rings is 1. The van der Waals surface area contributed by atoms with Crippen LogP contribution >= 0.6 is 0 Å². The number of amides is 6. The molecular formula is C39H65N13O9. The number of carbonyl (C=O) groups is 7. The van der Waals surface area contributed by atoms with Gasteiger partial charge in [0.2, 0.25) is 35.4 Å². The minimum absolute atomic E-state index is 0.0168. The van der Waals surface area contributed by atoms with Crippen LogP contribution in [0.1, 0.15) is 71.8 Å². The second-order valence-electron chi connectivity index (χ2n) is 15.5. The molecule has 22 heteroatoms. The summed E-state index contributed by atoms with van der Waals surface area (Å²) in [6.45, 7) is 6.47. The number of hydrogen-bond acceptors (Lipinski definition) is 11. The number of guanidine groups is 2. The highest BCUT2D eigenvalue weighted by atomic mass is 16.4. The fourth-order valence-corrected chi connectivity index (χ4v) is 6.54. The van der Waals surface area contributed by atoms with Gasteiger partial charge in [0.05, 0.1) is 12.6 Å². The van der Waals surface area contributed by atoms with Gasteiger partial charge >= 0.3 is 5.97 Å². The minimum Gasteiger partial charge on any atom is -0.480 e. The van der Waals surface area contributed by atoms with Crippen molar-refractivity contribution < 1.29 is 43.8 Å². The number of hydrogen-bond donors (Lipinski definition) is 12. The Morgan fingerprint density at radius 1 is 0.721 bits per heavy atom. The molecule has 17 N–H and O–H groups in total. The summed E-state index contributed by atoms with van der Waals surface area (Å²) in [6, 6.07) is 0.319. The number of aliphatic hydroxyl groups is 1. The van der Waals surface area contributed by atoms with Crippen LogP contribution in [0.4, 0.5) is 0 Å². The topological polar surface area (TPSA) is 378 Å². The molecule has 0 unspecified atom stereocenters. The quantitative estimate of drug-likeness (QED) is 0.0258. The van der Waals surface area contributed by atoms with Crippen LogP contribution in [-0.2, 0) is 40.0 Å². The molecule has 61 heavy (non-hydrogen) atoms. The third-order valence-corrected chi connectivity index (χ3v) is 9.91. The molecule has 1 aromatic rings. The van der Waals surface area contributed by atoms with Gasteiger partial charge < -0.3 is 70.4 Å². The number of aliphatic hydroxyl groups excluding tert-OH is 1. The van der Waals surface area contributed by atoms with Crippen molar-refractivity contribution in [2.24, 2.45) is 50.5 Å². The van der Waals surface area contributed by atoms with Crippen molar-refractivity contribution in [3.05, 3.63) is 35.9 Å². The van der Waals surface area contributed by atoms with Crippen LogP contribution in [0, 0.1) is 11.8 Å². The zero-order valence-electron chi connectivity index (χ0n) is 35.3. The van der Waals surface area contributed by atoms with Gasteiger partial charge in [-0.3, -0.25) is 38.8 Å². The maximum atomic E-state index is 14.0. The van der Waals surface area contributed by atoms with Crippen molar-refractivity contribution >= 4 is 53.3 Å². The Morgan fingerprint density at radius 3 is 1.75 bits per heavy atom. The minimum atomic E-state index is -1.59. The number of nitrogens with two attached hydrogens (primary N) is 5. The number of carboxylic acids is 1. The predicted octanol–water partition coefficient (Wildman–Crippen LogP) is -3.53. The van der Waals surface area contributed by atoms with Crippen LogP contribution in [0.15, 0.2) is 40.3 Å². The lowest BCUT2D eigenvalue weighted by molar-refractivity contribution is -0.143. The molecule has 0 aromatic heterocycles. The maximum absolute atomic E-state index is 14.0. The Labute approximate surface area is 355 Å². The largest absolute Gasteiger partial charge is 0.480 e. The Hall–Kier alpha value is -6.03. The SMILES string of the molecule is CC(C)[C@H](NC(=O)[C@H](Cc1ccccc1)NC(=O)[C@@H](NC(=O)[C@@H]1CCCN1C(=O)[C@@H](N)CCCN=C(N)N)C(C)C)C(=O)N[C@@H](CO)C(=O)N[C@@H](CCCN=C(N)N)C(=O)O. The van der Waals surface area contributed by atoms with E-state index in [0.717, 1.165) is 0 Å². The first-order chi connectivity index (χ1) is 28.8. The highest BCUT2D eigenvalue weighted by molar-refractivity contribution is 5.97. The predicted molar refractivity (Wildman–Crippen MR) is 227 cm³/mol. The highest BCUT2D eigenvalue weighted by Gasteiger charge is 2.39. The zero-order chi connectivity index (χ0) is 45.8. The number of carbonyl (C=O) groups excluding carboxylic acids is 6. The van der Waals surface area contributed by atoms with Gasteiger partial charge in [0.15, 0.2) is 11.9 Å². The molecule has 340 valence electrons. The molecule has 22 nitrogen and oxygen atoms in total. The van der Waals surface area contributed by atoms with E-state index in [4.69, 9.17) is 28.7 Å². The zero-order valence-corrected chi connectivity index (χ0v) is 35.3. The molecule has 0 spiro atoms. The van der Waals surface area contributed by atoms with Gasteiger partial charge in [0.25, 0.3) is 0 Å². The van der Waals surface area contributed by atoms with Crippen LogP contribution in [-0.4, -0.2) is 137 Å². The van der Waals surface area contributed by atoms with Gasteiger partial charge in [-0.05, 0) is 55.9 Å². The Bertz CT molecular complexity index is 1700. The molecule has 2 rings (SSSR count). The fourth-order valence-electron chi connectivity index (χ4n) is 6.54. The van der Waals surface area contributed by atoms with Gasteiger partial charge in [0, 0.05) is 26.1 Å². The van der Waals surface area contributed by atoms with E-state index in [9.17, 15) is 43.8 Å². The summed E-state index contributed by atoms with van der Waals surface area (Å²) in [5.74, 6) is -6.94. The summed E-state index contributed by atoms with van der Waals surface area (Å²) < 4.78 is 0. The van der Waals surface area contributed by atoms with Crippen LogP contribution in [0.5, 0.6) is 0 Å². The first-order valence-electron chi connectivity index (χ1n) is 20.3. The van der Waals surface area contributed by atoms with Gasteiger partial charge in [-0.1, -0.05) is 58.0 Å². The van der Waals surface area contributed by atoms with Gasteiger partial charge in [-0.2, -0.15) is 0 Å². The summed E-state index contributed by atoms with van der Waals surface area (Å²) in [6.07, 6.45) is 1.76. The number of aliphatic carboxylic acids is 1. The summed E-state index contributed by atoms with van der Waals surface area (Å²) in [7, 11) is 0. The molecule has 1 aliphatic rings. The van der Waals surface area contributed by atoms with Crippen LogP contribution < -0.4 is 55.3 Å². The van der Waals surface area contributed by atoms with Gasteiger partial charge in [-0.25, -0.2) is 4.79 Å². The third-order valence-electron chi connectivity index (χ3n) is 9.91. The normalized spacial score (nSPS) is 16.5. The van der Waals surface area contributed by atoms with E-state index in [2.05, 4.69) is 36.6 Å². The van der Waals surface area contributed by atoms with Crippen molar-refractivity contribution in [1.29, 1.82) is 0 Å². The maximum Gasteiger partial charge on any atom is 0.326 e. The van der Waals surface area contributed by atoms with E-state index in [0.29, 0.717) is 31.4 Å². The Balaban J connectivity index is 2.23. The van der Waals surface area contributed by atoms with E-state index in [1.165, 1.54) is 4.90 Å². The molecular weight excluding hydrogens is 795 g/mol. The number of nitrogens with zero attached hydrogens (tertiary/aromatic N) is 3. The van der Waals surface area contributed by atoms with Gasteiger partial charge in [-0.15, -0.1) is 0 Å². The number of rotatable bonds is 25. The summed E-state index contributed by atoms with van der Waals surface area (Å²) in [4.78, 5) is 102. The molecule has 0 radical (unpaired) electrons. The van der Waals surface area contributed by atoms with E-state index < -0.39 is 102 Å². The van der Waals surface area contributed by atoms with Crippen molar-refractivity contribution in [3.63, 3.8) is 0 Å². The lowest BCUT2D eigenvalue weighted by atomic mass is 9.99. The Morgan fingerprint density at radius 2 is 1.23 bits per heavy atom. The highest BCUT2D eigenvalue weighted by Crippen LogP contribution is 2.20. The second kappa shape index (κ2) is 25.6. The number of aliphatic imine (C=N–C) groups is 2. The summed E-state index contributed by atoms with van der Waals surface area (Å²) in [5, 5.41) is 32.4. The molecule has 1 aliphatic heterocycles. The molecule has 0 aliphatic carbocycles. The monoisotopic (exact) mass is 860 g/mol. The van der Waals surface area contributed by atoms with E-state index >= 15 is 0 Å². The van der Waals surface area contributed by atoms with Crippen LogP contribution in [0.2, 0.25) is 0 Å².